The molecule has 0 aliphatic carbocycles. The Hall–Kier alpha value is -1.44. The van der Waals surface area contributed by atoms with Crippen LogP contribution >= 0.6 is 22.6 Å². The molecule has 19 heavy (non-hydrogen) atoms. The number of aromatic nitrogens is 3. The fraction of sp³-hybridized carbons (Fsp3) is 0.308. The Morgan fingerprint density at radius 3 is 2.68 bits per heavy atom. The highest BCUT2D eigenvalue weighted by atomic mass is 127. The quantitative estimate of drug-likeness (QED) is 0.839. The first-order valence-corrected chi connectivity index (χ1v) is 7.03. The van der Waals surface area contributed by atoms with Crippen molar-refractivity contribution < 1.29 is 4.74 Å². The Bertz CT molecular complexity index is 564. The predicted octanol–water partition coefficient (Wildman–Crippen LogP) is 2.76. The number of rotatable bonds is 4. The smallest absolute Gasteiger partial charge is 0.213 e. The van der Waals surface area contributed by atoms with Crippen LogP contribution in [0.25, 0.3) is 11.5 Å². The van der Waals surface area contributed by atoms with E-state index in [-0.39, 0.29) is 0 Å². The number of nitrogens with one attached hydrogen (secondary N) is 1. The molecule has 0 aromatic carbocycles. The predicted molar refractivity (Wildman–Crippen MR) is 83.5 cm³/mol. The highest BCUT2D eigenvalue weighted by Crippen LogP contribution is 2.24. The van der Waals surface area contributed by atoms with Gasteiger partial charge in [-0.05, 0) is 35.1 Å². The summed E-state index contributed by atoms with van der Waals surface area (Å²) >= 11 is 2.26. The lowest BCUT2D eigenvalue weighted by atomic mass is 10.3. The second-order valence-electron chi connectivity index (χ2n) is 3.83. The number of methoxy groups -OCH3 is 1. The third-order valence-corrected chi connectivity index (χ3v) is 3.79. The lowest BCUT2D eigenvalue weighted by Crippen LogP contribution is -2.05. The molecule has 5 nitrogen and oxygen atoms in total. The molecule has 2 heterocycles. The van der Waals surface area contributed by atoms with E-state index in [0.29, 0.717) is 17.4 Å². The Kier molecular flexibility index (Phi) is 4.52. The van der Waals surface area contributed by atoms with Crippen molar-refractivity contribution in [3.05, 3.63) is 27.5 Å². The lowest BCUT2D eigenvalue weighted by Gasteiger charge is -2.10. The van der Waals surface area contributed by atoms with Crippen molar-refractivity contribution in [1.29, 1.82) is 0 Å². The van der Waals surface area contributed by atoms with Gasteiger partial charge < -0.3 is 10.1 Å². The molecule has 2 aromatic heterocycles. The second-order valence-corrected chi connectivity index (χ2v) is 4.90. The normalized spacial score (nSPS) is 10.3. The molecular weight excluding hydrogens is 355 g/mol. The van der Waals surface area contributed by atoms with Crippen LogP contribution in [0.4, 0.5) is 5.82 Å². The van der Waals surface area contributed by atoms with Gasteiger partial charge in [0.05, 0.1) is 16.4 Å². The number of halogens is 1. The van der Waals surface area contributed by atoms with E-state index in [9.17, 15) is 0 Å². The van der Waals surface area contributed by atoms with Gasteiger partial charge in [-0.3, -0.25) is 0 Å². The number of aryl methyl sites for hydroxylation is 1. The third-order valence-electron chi connectivity index (χ3n) is 2.65. The average Bonchev–Trinajstić information content (AvgIpc) is 2.47. The number of ether oxygens (including phenoxy) is 1. The molecule has 100 valence electrons. The van der Waals surface area contributed by atoms with E-state index in [1.165, 1.54) is 0 Å². The van der Waals surface area contributed by atoms with Crippen LogP contribution in [0.2, 0.25) is 0 Å². The van der Waals surface area contributed by atoms with Crippen LogP contribution in [0.1, 0.15) is 12.6 Å². The highest BCUT2D eigenvalue weighted by molar-refractivity contribution is 14.1. The van der Waals surface area contributed by atoms with Crippen molar-refractivity contribution in [2.75, 3.05) is 19.5 Å². The van der Waals surface area contributed by atoms with Gasteiger partial charge in [-0.15, -0.1) is 0 Å². The number of anilines is 1. The minimum absolute atomic E-state index is 0.559. The summed E-state index contributed by atoms with van der Waals surface area (Å²) in [4.78, 5) is 13.4. The molecule has 0 unspecified atom stereocenters. The maximum atomic E-state index is 5.13. The molecule has 0 aliphatic heterocycles. The molecule has 0 atom stereocenters. The van der Waals surface area contributed by atoms with Crippen LogP contribution in [0.3, 0.4) is 0 Å². The summed E-state index contributed by atoms with van der Waals surface area (Å²) in [5, 5.41) is 3.09. The van der Waals surface area contributed by atoms with Crippen molar-refractivity contribution in [3.63, 3.8) is 0 Å². The van der Waals surface area contributed by atoms with Crippen molar-refractivity contribution in [3.8, 4) is 17.4 Å². The van der Waals surface area contributed by atoms with E-state index in [0.717, 1.165) is 21.5 Å². The molecule has 0 saturated heterocycles. The zero-order chi connectivity index (χ0) is 13.8. The fourth-order valence-electron chi connectivity index (χ4n) is 1.66. The minimum Gasteiger partial charge on any atom is -0.481 e. The summed E-state index contributed by atoms with van der Waals surface area (Å²) in [6, 6.07) is 5.56. The van der Waals surface area contributed by atoms with Crippen molar-refractivity contribution >= 4 is 28.4 Å². The Labute approximate surface area is 126 Å². The second kappa shape index (κ2) is 6.14. The molecule has 0 aliphatic rings. The first-order chi connectivity index (χ1) is 9.19. The largest absolute Gasteiger partial charge is 0.481 e. The van der Waals surface area contributed by atoms with Crippen molar-refractivity contribution in [2.24, 2.45) is 0 Å². The first kappa shape index (κ1) is 14.0. The molecular formula is C13H15IN4O. The maximum Gasteiger partial charge on any atom is 0.213 e. The molecule has 0 fully saturated rings. The van der Waals surface area contributed by atoms with Crippen LogP contribution in [0, 0.1) is 3.57 Å². The maximum absolute atomic E-state index is 5.13. The standard InChI is InChI=1S/C13H15IN4O/c1-4-8-11(14)13(15-2)18-12(17-8)9-6-5-7-10(16-9)19-3/h5-7H,4H2,1-3H3,(H,15,17,18). The van der Waals surface area contributed by atoms with E-state index >= 15 is 0 Å². The zero-order valence-corrected chi connectivity index (χ0v) is 13.2. The van der Waals surface area contributed by atoms with E-state index in [1.807, 2.05) is 19.2 Å². The summed E-state index contributed by atoms with van der Waals surface area (Å²) in [5.41, 5.74) is 1.72. The molecule has 0 radical (unpaired) electrons. The van der Waals surface area contributed by atoms with Gasteiger partial charge >= 0.3 is 0 Å². The van der Waals surface area contributed by atoms with Gasteiger partial charge in [0.2, 0.25) is 5.88 Å². The van der Waals surface area contributed by atoms with E-state index < -0.39 is 0 Å². The monoisotopic (exact) mass is 370 g/mol. The lowest BCUT2D eigenvalue weighted by molar-refractivity contribution is 0.398. The summed E-state index contributed by atoms with van der Waals surface area (Å²) in [6.45, 7) is 2.08. The first-order valence-electron chi connectivity index (χ1n) is 5.95. The fourth-order valence-corrected chi connectivity index (χ4v) is 2.55. The van der Waals surface area contributed by atoms with Gasteiger partial charge in [0.15, 0.2) is 5.82 Å². The molecule has 0 amide bonds. The van der Waals surface area contributed by atoms with Gasteiger partial charge in [0.25, 0.3) is 0 Å². The Morgan fingerprint density at radius 1 is 1.26 bits per heavy atom. The SMILES string of the molecule is CCc1nc(-c2cccc(OC)n2)nc(NC)c1I. The van der Waals surface area contributed by atoms with E-state index in [4.69, 9.17) is 4.74 Å². The molecule has 0 spiro atoms. The molecule has 2 aromatic rings. The number of hydrogen-bond donors (Lipinski definition) is 1. The highest BCUT2D eigenvalue weighted by Gasteiger charge is 2.12. The van der Waals surface area contributed by atoms with Crippen molar-refractivity contribution in [2.45, 2.75) is 13.3 Å². The minimum atomic E-state index is 0.559. The Morgan fingerprint density at radius 2 is 2.05 bits per heavy atom. The van der Waals surface area contributed by atoms with Crippen LogP contribution in [-0.2, 0) is 6.42 Å². The number of hydrogen-bond acceptors (Lipinski definition) is 5. The van der Waals surface area contributed by atoms with E-state index in [2.05, 4.69) is 49.8 Å². The summed E-state index contributed by atoms with van der Waals surface area (Å²) < 4.78 is 6.18. The van der Waals surface area contributed by atoms with Gasteiger partial charge in [0, 0.05) is 13.1 Å². The summed E-state index contributed by atoms with van der Waals surface area (Å²) in [7, 11) is 3.45. The topological polar surface area (TPSA) is 59.9 Å². The van der Waals surface area contributed by atoms with E-state index in [1.54, 1.807) is 13.2 Å². The number of nitrogens with zero attached hydrogens (tertiary/aromatic N) is 3. The van der Waals surface area contributed by atoms with Crippen LogP contribution in [0.15, 0.2) is 18.2 Å². The number of pyridine rings is 1. The van der Waals surface area contributed by atoms with Crippen LogP contribution in [-0.4, -0.2) is 29.1 Å². The molecule has 0 saturated carbocycles. The molecule has 0 bridgehead atoms. The van der Waals surface area contributed by atoms with Gasteiger partial charge in [-0.2, -0.15) is 0 Å². The van der Waals surface area contributed by atoms with Crippen LogP contribution < -0.4 is 10.1 Å². The van der Waals surface area contributed by atoms with Crippen molar-refractivity contribution in [1.82, 2.24) is 15.0 Å². The third kappa shape index (κ3) is 2.94. The summed E-state index contributed by atoms with van der Waals surface area (Å²) in [6.07, 6.45) is 0.854. The van der Waals surface area contributed by atoms with Gasteiger partial charge in [-0.1, -0.05) is 13.0 Å². The van der Waals surface area contributed by atoms with Crippen LogP contribution in [0.5, 0.6) is 5.88 Å². The van der Waals surface area contributed by atoms with Gasteiger partial charge in [-0.25, -0.2) is 15.0 Å². The molecule has 6 heteroatoms. The van der Waals surface area contributed by atoms with Gasteiger partial charge in [0.1, 0.15) is 11.5 Å². The summed E-state index contributed by atoms with van der Waals surface area (Å²) in [5.74, 6) is 2.00. The molecule has 1 N–H and O–H groups in total. The Balaban J connectivity index is 2.55. The molecule has 2 rings (SSSR count). The average molecular weight is 370 g/mol. The zero-order valence-electron chi connectivity index (χ0n) is 11.1.